The van der Waals surface area contributed by atoms with Gasteiger partial charge in [0, 0.05) is 6.54 Å². The Morgan fingerprint density at radius 1 is 1.44 bits per heavy atom. The topological polar surface area (TPSA) is 29.5 Å². The van der Waals surface area contributed by atoms with Crippen molar-refractivity contribution in [2.75, 3.05) is 13.8 Å². The molecule has 0 aromatic heterocycles. The molecule has 0 unspecified atom stereocenters. The molecule has 88 valence electrons. The summed E-state index contributed by atoms with van der Waals surface area (Å²) in [6.07, 6.45) is 0. The number of nitrogens with zero attached hydrogens (tertiary/aromatic N) is 1. The fraction of sp³-hybridized carbons (Fsp3) is 0.462. The lowest BCUT2D eigenvalue weighted by atomic mass is 10.0. The van der Waals surface area contributed by atoms with Gasteiger partial charge in [-0.05, 0) is 24.1 Å². The molecule has 0 aliphatic carbocycles. The Hall–Kier alpha value is -1.35. The van der Waals surface area contributed by atoms with E-state index in [0.717, 1.165) is 6.54 Å². The van der Waals surface area contributed by atoms with Crippen LogP contribution in [0, 0.1) is 0 Å². The van der Waals surface area contributed by atoms with E-state index in [4.69, 9.17) is 4.74 Å². The predicted molar refractivity (Wildman–Crippen MR) is 64.0 cm³/mol. The molecule has 0 heterocycles. The van der Waals surface area contributed by atoms with Gasteiger partial charge in [-0.15, -0.1) is 0 Å². The average Bonchev–Trinajstić information content (AvgIpc) is 2.26. The molecule has 0 aliphatic heterocycles. The molecule has 0 atom stereocenters. The minimum absolute atomic E-state index is 0.329. The largest absolute Gasteiger partial charge is 0.452 e. The van der Waals surface area contributed by atoms with Crippen molar-refractivity contribution in [3.05, 3.63) is 35.4 Å². The number of benzene rings is 1. The van der Waals surface area contributed by atoms with Gasteiger partial charge in [0.05, 0.1) is 0 Å². The van der Waals surface area contributed by atoms with Crippen LogP contribution in [-0.4, -0.2) is 25.2 Å². The summed E-state index contributed by atoms with van der Waals surface area (Å²) in [5.41, 5.74) is 2.57. The maximum absolute atomic E-state index is 10.1. The first-order valence-electron chi connectivity index (χ1n) is 5.46. The SMILES string of the molecule is CC(C)c1cccc(CN(C)COC=O)c1. The minimum atomic E-state index is 0.329. The van der Waals surface area contributed by atoms with E-state index in [1.165, 1.54) is 11.1 Å². The highest BCUT2D eigenvalue weighted by atomic mass is 16.5. The summed E-state index contributed by atoms with van der Waals surface area (Å²) >= 11 is 0. The first-order valence-corrected chi connectivity index (χ1v) is 5.46. The Morgan fingerprint density at radius 3 is 2.81 bits per heavy atom. The molecule has 0 amide bonds. The monoisotopic (exact) mass is 221 g/mol. The Bertz CT molecular complexity index is 336. The molecule has 0 saturated heterocycles. The van der Waals surface area contributed by atoms with Crippen LogP contribution in [0.3, 0.4) is 0 Å². The second kappa shape index (κ2) is 6.28. The summed E-state index contributed by atoms with van der Waals surface area (Å²) < 4.78 is 4.69. The zero-order valence-electron chi connectivity index (χ0n) is 10.1. The van der Waals surface area contributed by atoms with Crippen LogP contribution in [0.5, 0.6) is 0 Å². The Balaban J connectivity index is 2.59. The second-order valence-corrected chi connectivity index (χ2v) is 4.31. The van der Waals surface area contributed by atoms with Crippen molar-refractivity contribution in [3.8, 4) is 0 Å². The van der Waals surface area contributed by atoms with Crippen molar-refractivity contribution in [2.45, 2.75) is 26.3 Å². The third kappa shape index (κ3) is 4.03. The Labute approximate surface area is 97.0 Å². The molecule has 3 heteroatoms. The fourth-order valence-corrected chi connectivity index (χ4v) is 1.57. The molecule has 0 N–H and O–H groups in total. The number of carbonyl (C=O) groups excluding carboxylic acids is 1. The molecular weight excluding hydrogens is 202 g/mol. The van der Waals surface area contributed by atoms with Gasteiger partial charge in [-0.25, -0.2) is 0 Å². The van der Waals surface area contributed by atoms with Crippen molar-refractivity contribution >= 4 is 6.47 Å². The Kier molecular flexibility index (Phi) is 4.99. The molecule has 0 aliphatic rings. The van der Waals surface area contributed by atoms with Crippen LogP contribution in [0.4, 0.5) is 0 Å². The third-order valence-electron chi connectivity index (χ3n) is 2.43. The van der Waals surface area contributed by atoms with Gasteiger partial charge in [0.15, 0.2) is 0 Å². The van der Waals surface area contributed by atoms with Gasteiger partial charge < -0.3 is 4.74 Å². The molecule has 1 aromatic rings. The molecular formula is C13H19NO2. The van der Waals surface area contributed by atoms with Crippen molar-refractivity contribution in [1.82, 2.24) is 4.90 Å². The number of carbonyl (C=O) groups is 1. The summed E-state index contributed by atoms with van der Waals surface area (Å²) in [4.78, 5) is 12.0. The van der Waals surface area contributed by atoms with Crippen molar-refractivity contribution < 1.29 is 9.53 Å². The number of rotatable bonds is 6. The van der Waals surface area contributed by atoms with E-state index in [1.54, 1.807) is 0 Å². The van der Waals surface area contributed by atoms with Crippen LogP contribution in [-0.2, 0) is 16.1 Å². The smallest absolute Gasteiger partial charge is 0.294 e. The summed E-state index contributed by atoms with van der Waals surface area (Å²) in [5, 5.41) is 0. The van der Waals surface area contributed by atoms with E-state index < -0.39 is 0 Å². The van der Waals surface area contributed by atoms with E-state index in [0.29, 0.717) is 19.1 Å². The van der Waals surface area contributed by atoms with Crippen LogP contribution in [0.1, 0.15) is 30.9 Å². The molecule has 0 saturated carbocycles. The summed E-state index contributed by atoms with van der Waals surface area (Å²) in [7, 11) is 1.92. The third-order valence-corrected chi connectivity index (χ3v) is 2.43. The van der Waals surface area contributed by atoms with Gasteiger partial charge in [0.25, 0.3) is 6.47 Å². The summed E-state index contributed by atoms with van der Waals surface area (Å²) in [6.45, 7) is 5.95. The second-order valence-electron chi connectivity index (χ2n) is 4.31. The molecule has 0 bridgehead atoms. The number of hydrogen-bond acceptors (Lipinski definition) is 3. The van der Waals surface area contributed by atoms with Gasteiger partial charge in [-0.1, -0.05) is 38.1 Å². The van der Waals surface area contributed by atoms with E-state index in [9.17, 15) is 4.79 Å². The highest BCUT2D eigenvalue weighted by Gasteiger charge is 2.03. The van der Waals surface area contributed by atoms with Crippen LogP contribution in [0.25, 0.3) is 0 Å². The normalized spacial score (nSPS) is 10.8. The molecule has 0 spiro atoms. The van der Waals surface area contributed by atoms with Crippen LogP contribution >= 0.6 is 0 Å². The molecule has 1 rings (SSSR count). The lowest BCUT2D eigenvalue weighted by Gasteiger charge is -2.16. The van der Waals surface area contributed by atoms with Gasteiger partial charge in [0.1, 0.15) is 6.73 Å². The van der Waals surface area contributed by atoms with Gasteiger partial charge in [-0.3, -0.25) is 9.69 Å². The molecule has 0 fully saturated rings. The Morgan fingerprint density at radius 2 is 2.19 bits per heavy atom. The standard InChI is InChI=1S/C13H19NO2/c1-11(2)13-6-4-5-12(7-13)8-14(3)9-16-10-15/h4-7,10-11H,8-9H2,1-3H3. The first kappa shape index (κ1) is 12.7. The lowest BCUT2D eigenvalue weighted by Crippen LogP contribution is -2.20. The van der Waals surface area contributed by atoms with Gasteiger partial charge in [0.2, 0.25) is 0 Å². The zero-order valence-corrected chi connectivity index (χ0v) is 10.1. The van der Waals surface area contributed by atoms with Gasteiger partial charge >= 0.3 is 0 Å². The molecule has 0 radical (unpaired) electrons. The summed E-state index contributed by atoms with van der Waals surface area (Å²) in [6, 6.07) is 8.49. The highest BCUT2D eigenvalue weighted by molar-refractivity contribution is 5.36. The molecule has 3 nitrogen and oxygen atoms in total. The van der Waals surface area contributed by atoms with Crippen LogP contribution < -0.4 is 0 Å². The zero-order chi connectivity index (χ0) is 12.0. The van der Waals surface area contributed by atoms with Crippen molar-refractivity contribution in [3.63, 3.8) is 0 Å². The fourth-order valence-electron chi connectivity index (χ4n) is 1.57. The van der Waals surface area contributed by atoms with Crippen LogP contribution in [0.2, 0.25) is 0 Å². The van der Waals surface area contributed by atoms with Crippen molar-refractivity contribution in [2.24, 2.45) is 0 Å². The number of ether oxygens (including phenoxy) is 1. The lowest BCUT2D eigenvalue weighted by molar-refractivity contribution is -0.132. The molecule has 1 aromatic carbocycles. The average molecular weight is 221 g/mol. The van der Waals surface area contributed by atoms with E-state index in [2.05, 4.69) is 38.1 Å². The maximum Gasteiger partial charge on any atom is 0.294 e. The first-order chi connectivity index (χ1) is 7.63. The van der Waals surface area contributed by atoms with E-state index in [1.807, 2.05) is 11.9 Å². The van der Waals surface area contributed by atoms with E-state index in [-0.39, 0.29) is 0 Å². The van der Waals surface area contributed by atoms with E-state index >= 15 is 0 Å². The quantitative estimate of drug-likeness (QED) is 0.545. The number of hydrogen-bond donors (Lipinski definition) is 0. The van der Waals surface area contributed by atoms with Gasteiger partial charge in [-0.2, -0.15) is 0 Å². The van der Waals surface area contributed by atoms with Crippen molar-refractivity contribution in [1.29, 1.82) is 0 Å². The highest BCUT2D eigenvalue weighted by Crippen LogP contribution is 2.16. The minimum Gasteiger partial charge on any atom is -0.452 e. The maximum atomic E-state index is 10.1. The molecule has 16 heavy (non-hydrogen) atoms. The van der Waals surface area contributed by atoms with Crippen LogP contribution in [0.15, 0.2) is 24.3 Å². The summed E-state index contributed by atoms with van der Waals surface area (Å²) in [5.74, 6) is 0.538. The predicted octanol–water partition coefficient (Wildman–Crippen LogP) is 2.37.